The zero-order valence-corrected chi connectivity index (χ0v) is 43.6. The highest BCUT2D eigenvalue weighted by Crippen LogP contribution is 2.47. The average molecular weight is 996 g/mol. The standard InChI is InChI=1S/C29H33NO3.C16H17NO3.C15H21Br/c1-28(2)13-14-29(3,4)26-17-20(5-10-25(26)28)19-33-23-8-6-21(7-9-23)24(18-27(31)32)22-11-15-30-16-12-22;1-2-20-16(19)11-15(13-7-9-17-10-8-13)12-3-5-14(18)6-4-12;1-14(2)7-8-15(3,4)13-9-11(10-16)5-6-12(13)14/h5-12,15-17,24H,13-14,18-19H2,1-4H3,(H,31,32);3-10,15,18H,2,11H2,1H3;5-6,9H,7-8,10H2,1-4H3. The number of alkyl halides is 1. The van der Waals surface area contributed by atoms with Gasteiger partial charge in [0.2, 0.25) is 0 Å². The van der Waals surface area contributed by atoms with Gasteiger partial charge in [-0.25, -0.2) is 0 Å². The number of aliphatic carboxylic acids is 1. The van der Waals surface area contributed by atoms with Crippen molar-refractivity contribution in [3.05, 3.63) is 190 Å². The van der Waals surface area contributed by atoms with E-state index in [1.54, 1.807) is 55.0 Å². The van der Waals surface area contributed by atoms with Crippen molar-refractivity contribution >= 4 is 27.9 Å². The fourth-order valence-corrected chi connectivity index (χ4v) is 10.1. The lowest BCUT2D eigenvalue weighted by atomic mass is 9.63. The zero-order chi connectivity index (χ0) is 50.0. The smallest absolute Gasteiger partial charge is 0.306 e. The molecule has 0 saturated carbocycles. The van der Waals surface area contributed by atoms with Crippen molar-refractivity contribution in [1.82, 2.24) is 9.97 Å². The molecular weight excluding hydrogens is 925 g/mol. The molecule has 2 unspecified atom stereocenters. The number of benzene rings is 4. The lowest BCUT2D eigenvalue weighted by Gasteiger charge is -2.42. The van der Waals surface area contributed by atoms with Crippen LogP contribution in [0.15, 0.2) is 134 Å². The maximum absolute atomic E-state index is 11.8. The molecule has 2 aliphatic rings. The maximum atomic E-state index is 11.8. The minimum Gasteiger partial charge on any atom is -0.508 e. The SMILES string of the molecule is CC1(C)CCC(C)(C)c2cc(CBr)ccc21.CC1(C)CCC(C)(C)c2cc(COc3ccc(C(CC(=O)O)c4ccncc4)cc3)ccc21.CCOC(=O)CC(c1ccncc1)c1ccc(O)cc1. The van der Waals surface area contributed by atoms with Crippen LogP contribution in [0.3, 0.4) is 0 Å². The molecule has 0 bridgehead atoms. The van der Waals surface area contributed by atoms with Gasteiger partial charge in [-0.2, -0.15) is 0 Å². The summed E-state index contributed by atoms with van der Waals surface area (Å²) in [5.41, 5.74) is 13.5. The van der Waals surface area contributed by atoms with Crippen molar-refractivity contribution in [3.8, 4) is 11.5 Å². The number of pyridine rings is 2. The lowest BCUT2D eigenvalue weighted by molar-refractivity contribution is -0.143. The van der Waals surface area contributed by atoms with Crippen LogP contribution in [-0.4, -0.2) is 38.7 Å². The van der Waals surface area contributed by atoms with Crippen LogP contribution in [0.1, 0.15) is 168 Å². The Bertz CT molecular complexity index is 2630. The summed E-state index contributed by atoms with van der Waals surface area (Å²) in [5.74, 6) is -0.389. The highest BCUT2D eigenvalue weighted by atomic mass is 79.9. The minimum absolute atomic E-state index is 0.0332. The van der Waals surface area contributed by atoms with Crippen molar-refractivity contribution in [2.75, 3.05) is 6.61 Å². The molecule has 6 aromatic rings. The summed E-state index contributed by atoms with van der Waals surface area (Å²) in [6.45, 7) is 21.5. The van der Waals surface area contributed by atoms with Gasteiger partial charge in [-0.3, -0.25) is 19.6 Å². The van der Waals surface area contributed by atoms with Gasteiger partial charge in [0.1, 0.15) is 18.1 Å². The van der Waals surface area contributed by atoms with E-state index in [0.717, 1.165) is 33.3 Å². The third-order valence-corrected chi connectivity index (χ3v) is 14.9. The number of carbonyl (C=O) groups excluding carboxylic acids is 1. The molecule has 0 saturated heterocycles. The molecule has 2 heterocycles. The van der Waals surface area contributed by atoms with E-state index < -0.39 is 5.97 Å². The Balaban J connectivity index is 0.000000185. The van der Waals surface area contributed by atoms with E-state index in [2.05, 4.69) is 118 Å². The quantitative estimate of drug-likeness (QED) is 0.0867. The number of carboxylic acid groups (broad SMARTS) is 1. The number of phenolic OH excluding ortho intramolecular Hbond substituents is 1. The number of aromatic hydroxyl groups is 1. The molecule has 2 atom stereocenters. The van der Waals surface area contributed by atoms with E-state index in [1.807, 2.05) is 60.7 Å². The Morgan fingerprint density at radius 3 is 1.42 bits per heavy atom. The second-order valence-electron chi connectivity index (χ2n) is 21.2. The largest absolute Gasteiger partial charge is 0.508 e. The molecule has 2 N–H and O–H groups in total. The Labute approximate surface area is 419 Å². The normalized spacial score (nSPS) is 16.6. The average Bonchev–Trinajstić information content (AvgIpc) is 3.34. The van der Waals surface area contributed by atoms with Crippen molar-refractivity contribution in [2.45, 2.75) is 146 Å². The van der Waals surface area contributed by atoms with E-state index in [-0.39, 0.29) is 47.2 Å². The number of fused-ring (bicyclic) bond motifs is 2. The number of halogens is 1. The van der Waals surface area contributed by atoms with Gasteiger partial charge in [-0.05, 0) is 158 Å². The molecule has 0 aliphatic heterocycles. The summed E-state index contributed by atoms with van der Waals surface area (Å²) in [7, 11) is 0. The van der Waals surface area contributed by atoms with Crippen LogP contribution >= 0.6 is 15.9 Å². The van der Waals surface area contributed by atoms with Gasteiger partial charge in [-0.1, -0.05) is 132 Å². The highest BCUT2D eigenvalue weighted by Gasteiger charge is 2.38. The van der Waals surface area contributed by atoms with Crippen LogP contribution < -0.4 is 4.74 Å². The van der Waals surface area contributed by atoms with Crippen LogP contribution in [0.5, 0.6) is 11.5 Å². The first-order valence-electron chi connectivity index (χ1n) is 24.3. The molecule has 2 aromatic heterocycles. The summed E-state index contributed by atoms with van der Waals surface area (Å²) in [4.78, 5) is 31.2. The predicted octanol–water partition coefficient (Wildman–Crippen LogP) is 14.4. The first kappa shape index (κ1) is 52.6. The van der Waals surface area contributed by atoms with Crippen molar-refractivity contribution in [1.29, 1.82) is 0 Å². The molecule has 69 heavy (non-hydrogen) atoms. The van der Waals surface area contributed by atoms with Gasteiger partial charge < -0.3 is 19.7 Å². The minimum atomic E-state index is -0.823. The topological polar surface area (TPSA) is 119 Å². The Hall–Kier alpha value is -5.80. The van der Waals surface area contributed by atoms with E-state index in [9.17, 15) is 19.8 Å². The van der Waals surface area contributed by atoms with Crippen LogP contribution in [0, 0.1) is 0 Å². The molecule has 9 heteroatoms. The summed E-state index contributed by atoms with van der Waals surface area (Å²) < 4.78 is 11.1. The number of phenols is 1. The fraction of sp³-hybridized carbons (Fsp3) is 0.400. The molecule has 8 rings (SSSR count). The highest BCUT2D eigenvalue weighted by molar-refractivity contribution is 9.08. The first-order valence-corrected chi connectivity index (χ1v) is 25.4. The number of carbonyl (C=O) groups is 2. The third-order valence-electron chi connectivity index (χ3n) is 14.2. The molecule has 0 spiro atoms. The summed E-state index contributed by atoms with van der Waals surface area (Å²) in [6.07, 6.45) is 12.1. The number of esters is 1. The van der Waals surface area contributed by atoms with Crippen molar-refractivity contribution < 1.29 is 29.3 Å². The summed E-state index contributed by atoms with van der Waals surface area (Å²) in [5, 5.41) is 19.7. The number of aromatic nitrogens is 2. The van der Waals surface area contributed by atoms with Crippen molar-refractivity contribution in [2.24, 2.45) is 0 Å². The lowest BCUT2D eigenvalue weighted by Crippen LogP contribution is -2.33. The number of hydrogen-bond donors (Lipinski definition) is 2. The molecule has 0 radical (unpaired) electrons. The summed E-state index contributed by atoms with van der Waals surface area (Å²) >= 11 is 3.55. The molecule has 0 fully saturated rings. The molecule has 8 nitrogen and oxygen atoms in total. The molecule has 364 valence electrons. The maximum Gasteiger partial charge on any atom is 0.306 e. The zero-order valence-electron chi connectivity index (χ0n) is 42.0. The molecule has 0 amide bonds. The van der Waals surface area contributed by atoms with Gasteiger partial charge in [0.15, 0.2) is 0 Å². The van der Waals surface area contributed by atoms with E-state index in [0.29, 0.717) is 24.0 Å². The molecular formula is C60H71BrN2O6. The van der Waals surface area contributed by atoms with Crippen LogP contribution in [0.4, 0.5) is 0 Å². The number of carboxylic acids is 1. The van der Waals surface area contributed by atoms with E-state index in [4.69, 9.17) is 9.47 Å². The third kappa shape index (κ3) is 13.7. The monoisotopic (exact) mass is 994 g/mol. The number of ether oxygens (including phenoxy) is 2. The molecule has 2 aliphatic carbocycles. The van der Waals surface area contributed by atoms with Crippen LogP contribution in [0.25, 0.3) is 0 Å². The fourth-order valence-electron chi connectivity index (χ4n) is 9.72. The Morgan fingerprint density at radius 2 is 0.971 bits per heavy atom. The number of nitrogens with zero attached hydrogens (tertiary/aromatic N) is 2. The molecule has 4 aromatic carbocycles. The van der Waals surface area contributed by atoms with Crippen LogP contribution in [0.2, 0.25) is 0 Å². The second-order valence-corrected chi connectivity index (χ2v) is 21.7. The van der Waals surface area contributed by atoms with Gasteiger partial charge in [0.25, 0.3) is 0 Å². The first-order chi connectivity index (χ1) is 32.7. The van der Waals surface area contributed by atoms with Gasteiger partial charge in [0.05, 0.1) is 19.4 Å². The second kappa shape index (κ2) is 22.7. The van der Waals surface area contributed by atoms with Crippen LogP contribution in [-0.2, 0) is 47.9 Å². The number of hydrogen-bond acceptors (Lipinski definition) is 7. The van der Waals surface area contributed by atoms with Gasteiger partial charge >= 0.3 is 11.9 Å². The number of rotatable bonds is 13. The summed E-state index contributed by atoms with van der Waals surface area (Å²) in [6, 6.07) is 35.9. The van der Waals surface area contributed by atoms with Crippen molar-refractivity contribution in [3.63, 3.8) is 0 Å². The van der Waals surface area contributed by atoms with Gasteiger partial charge in [0, 0.05) is 42.0 Å². The Morgan fingerprint density at radius 1 is 0.565 bits per heavy atom. The van der Waals surface area contributed by atoms with E-state index >= 15 is 0 Å². The van der Waals surface area contributed by atoms with Gasteiger partial charge in [-0.15, -0.1) is 0 Å². The Kier molecular flexibility index (Phi) is 17.3. The van der Waals surface area contributed by atoms with E-state index in [1.165, 1.54) is 47.9 Å². The predicted molar refractivity (Wildman–Crippen MR) is 281 cm³/mol.